The maximum absolute atomic E-state index is 12.2. The minimum absolute atomic E-state index is 0.0875. The van der Waals surface area contributed by atoms with Crippen LogP contribution in [0.4, 0.5) is 5.69 Å². The lowest BCUT2D eigenvalue weighted by molar-refractivity contribution is -0.116. The second-order valence-corrected chi connectivity index (χ2v) is 7.96. The van der Waals surface area contributed by atoms with Gasteiger partial charge in [-0.25, -0.2) is 0 Å². The van der Waals surface area contributed by atoms with E-state index < -0.39 is 0 Å². The Kier molecular flexibility index (Phi) is 8.11. The van der Waals surface area contributed by atoms with Gasteiger partial charge in [0.2, 0.25) is 5.91 Å². The molecular weight excluding hydrogens is 338 g/mol. The van der Waals surface area contributed by atoms with Crippen molar-refractivity contribution in [3.63, 3.8) is 0 Å². The van der Waals surface area contributed by atoms with Gasteiger partial charge in [-0.15, -0.1) is 0 Å². The van der Waals surface area contributed by atoms with E-state index >= 15 is 0 Å². The van der Waals surface area contributed by atoms with Crippen molar-refractivity contribution < 1.29 is 9.53 Å². The lowest BCUT2D eigenvalue weighted by Crippen LogP contribution is -2.38. The topological polar surface area (TPSA) is 53.6 Å². The molecule has 1 aromatic carbocycles. The molecule has 27 heavy (non-hydrogen) atoms. The van der Waals surface area contributed by atoms with Crippen molar-refractivity contribution >= 4 is 11.6 Å². The molecule has 3 rings (SSSR count). The fraction of sp³-hybridized carbons (Fsp3) is 0.682. The smallest absolute Gasteiger partial charge is 0.225 e. The van der Waals surface area contributed by atoms with Crippen LogP contribution in [0.15, 0.2) is 24.3 Å². The average Bonchev–Trinajstić information content (AvgIpc) is 2.72. The van der Waals surface area contributed by atoms with Gasteiger partial charge in [-0.05, 0) is 49.3 Å². The first-order chi connectivity index (χ1) is 13.2. The van der Waals surface area contributed by atoms with Crippen molar-refractivity contribution in [2.24, 2.45) is 5.92 Å². The van der Waals surface area contributed by atoms with Crippen molar-refractivity contribution in [2.75, 3.05) is 38.2 Å². The van der Waals surface area contributed by atoms with Crippen molar-refractivity contribution in [2.45, 2.75) is 58.0 Å². The Labute approximate surface area is 163 Å². The van der Waals surface area contributed by atoms with Crippen LogP contribution in [0.3, 0.4) is 0 Å². The Morgan fingerprint density at radius 2 is 1.96 bits per heavy atom. The molecule has 2 N–H and O–H groups in total. The zero-order chi connectivity index (χ0) is 18.9. The zero-order valence-corrected chi connectivity index (χ0v) is 16.7. The number of hydrogen-bond donors (Lipinski definition) is 2. The summed E-state index contributed by atoms with van der Waals surface area (Å²) in [5.74, 6) is 1.02. The highest BCUT2D eigenvalue weighted by Gasteiger charge is 2.19. The first-order valence-electron chi connectivity index (χ1n) is 10.6. The Morgan fingerprint density at radius 3 is 2.70 bits per heavy atom. The van der Waals surface area contributed by atoms with Gasteiger partial charge in [-0.1, -0.05) is 25.5 Å². The molecule has 5 nitrogen and oxygen atoms in total. The molecule has 0 unspecified atom stereocenters. The summed E-state index contributed by atoms with van der Waals surface area (Å²) in [6, 6.07) is 8.87. The SMILES string of the molecule is CCC1CCC(NCc2cccc(NC(=O)CCN3CCOCC3)c2)CC1. The number of hydrogen-bond acceptors (Lipinski definition) is 4. The molecule has 0 radical (unpaired) electrons. The summed E-state index contributed by atoms with van der Waals surface area (Å²) in [6.45, 7) is 7.38. The van der Waals surface area contributed by atoms with Crippen LogP contribution in [0.1, 0.15) is 51.0 Å². The van der Waals surface area contributed by atoms with Gasteiger partial charge in [0.15, 0.2) is 0 Å². The summed E-state index contributed by atoms with van der Waals surface area (Å²) < 4.78 is 5.34. The Balaban J connectivity index is 1.39. The van der Waals surface area contributed by atoms with Crippen molar-refractivity contribution in [3.8, 4) is 0 Å². The van der Waals surface area contributed by atoms with Crippen LogP contribution in [0.25, 0.3) is 0 Å². The Morgan fingerprint density at radius 1 is 1.19 bits per heavy atom. The van der Waals surface area contributed by atoms with E-state index in [4.69, 9.17) is 4.74 Å². The van der Waals surface area contributed by atoms with Gasteiger partial charge in [0.25, 0.3) is 0 Å². The van der Waals surface area contributed by atoms with Crippen LogP contribution < -0.4 is 10.6 Å². The van der Waals surface area contributed by atoms with Crippen LogP contribution in [0.5, 0.6) is 0 Å². The fourth-order valence-corrected chi connectivity index (χ4v) is 4.10. The number of nitrogens with one attached hydrogen (secondary N) is 2. The van der Waals surface area contributed by atoms with E-state index in [-0.39, 0.29) is 5.91 Å². The normalized spacial score (nSPS) is 23.9. The summed E-state index contributed by atoms with van der Waals surface area (Å²) in [5, 5.41) is 6.75. The molecule has 1 aliphatic carbocycles. The summed E-state index contributed by atoms with van der Waals surface area (Å²) in [4.78, 5) is 14.5. The molecule has 1 saturated heterocycles. The van der Waals surface area contributed by atoms with E-state index in [1.165, 1.54) is 37.7 Å². The average molecular weight is 374 g/mol. The maximum atomic E-state index is 12.2. The summed E-state index contributed by atoms with van der Waals surface area (Å²) in [5.41, 5.74) is 2.13. The molecule has 0 aromatic heterocycles. The minimum atomic E-state index is 0.0875. The first-order valence-corrected chi connectivity index (χ1v) is 10.6. The summed E-state index contributed by atoms with van der Waals surface area (Å²) >= 11 is 0. The summed E-state index contributed by atoms with van der Waals surface area (Å²) in [7, 11) is 0. The zero-order valence-electron chi connectivity index (χ0n) is 16.7. The van der Waals surface area contributed by atoms with Crippen molar-refractivity contribution in [1.82, 2.24) is 10.2 Å². The van der Waals surface area contributed by atoms with Gasteiger partial charge < -0.3 is 15.4 Å². The number of benzene rings is 1. The quantitative estimate of drug-likeness (QED) is 0.733. The van der Waals surface area contributed by atoms with Crippen LogP contribution in [0, 0.1) is 5.92 Å². The number of nitrogens with zero attached hydrogens (tertiary/aromatic N) is 1. The molecule has 1 saturated carbocycles. The van der Waals surface area contributed by atoms with Crippen LogP contribution in [-0.2, 0) is 16.1 Å². The van der Waals surface area contributed by atoms with E-state index in [2.05, 4.69) is 34.6 Å². The highest BCUT2D eigenvalue weighted by molar-refractivity contribution is 5.90. The van der Waals surface area contributed by atoms with E-state index in [9.17, 15) is 4.79 Å². The highest BCUT2D eigenvalue weighted by atomic mass is 16.5. The standard InChI is InChI=1S/C22H35N3O2/c1-2-18-6-8-20(9-7-18)23-17-19-4-3-5-21(16-19)24-22(26)10-11-25-12-14-27-15-13-25/h3-5,16,18,20,23H,2,6-15,17H2,1H3,(H,24,26). The molecule has 1 aromatic rings. The number of amides is 1. The third-order valence-electron chi connectivity index (χ3n) is 5.99. The minimum Gasteiger partial charge on any atom is -0.379 e. The fourth-order valence-electron chi connectivity index (χ4n) is 4.10. The van der Waals surface area contributed by atoms with Crippen LogP contribution >= 0.6 is 0 Å². The second-order valence-electron chi connectivity index (χ2n) is 7.96. The Bertz CT molecular complexity index is 579. The van der Waals surface area contributed by atoms with E-state index in [0.717, 1.165) is 51.0 Å². The van der Waals surface area contributed by atoms with Crippen LogP contribution in [-0.4, -0.2) is 49.7 Å². The van der Waals surface area contributed by atoms with Gasteiger partial charge in [0.05, 0.1) is 13.2 Å². The molecule has 0 atom stereocenters. The molecule has 1 aliphatic heterocycles. The molecule has 150 valence electrons. The monoisotopic (exact) mass is 373 g/mol. The molecule has 1 amide bonds. The molecule has 2 aliphatic rings. The third-order valence-corrected chi connectivity index (χ3v) is 5.99. The predicted octanol–water partition coefficient (Wildman–Crippen LogP) is 3.41. The van der Waals surface area contributed by atoms with Crippen molar-refractivity contribution in [1.29, 1.82) is 0 Å². The lowest BCUT2D eigenvalue weighted by atomic mass is 9.84. The molecule has 5 heteroatoms. The predicted molar refractivity (Wildman–Crippen MR) is 110 cm³/mol. The molecule has 0 bridgehead atoms. The summed E-state index contributed by atoms with van der Waals surface area (Å²) in [6.07, 6.45) is 7.14. The Hall–Kier alpha value is -1.43. The van der Waals surface area contributed by atoms with Gasteiger partial charge in [0, 0.05) is 44.3 Å². The highest BCUT2D eigenvalue weighted by Crippen LogP contribution is 2.26. The van der Waals surface area contributed by atoms with Gasteiger partial charge in [-0.3, -0.25) is 9.69 Å². The van der Waals surface area contributed by atoms with E-state index in [1.807, 2.05) is 12.1 Å². The molecule has 1 heterocycles. The number of rotatable bonds is 8. The third kappa shape index (κ3) is 6.91. The van der Waals surface area contributed by atoms with E-state index in [0.29, 0.717) is 12.5 Å². The molecule has 0 spiro atoms. The van der Waals surface area contributed by atoms with Crippen LogP contribution in [0.2, 0.25) is 0 Å². The lowest BCUT2D eigenvalue weighted by Gasteiger charge is -2.28. The van der Waals surface area contributed by atoms with E-state index in [1.54, 1.807) is 0 Å². The van der Waals surface area contributed by atoms with Gasteiger partial charge >= 0.3 is 0 Å². The largest absolute Gasteiger partial charge is 0.379 e. The number of morpholine rings is 1. The number of ether oxygens (including phenoxy) is 1. The second kappa shape index (κ2) is 10.8. The van der Waals surface area contributed by atoms with Crippen molar-refractivity contribution in [3.05, 3.63) is 29.8 Å². The number of carbonyl (C=O) groups excluding carboxylic acids is 1. The number of carbonyl (C=O) groups is 1. The van der Waals surface area contributed by atoms with Gasteiger partial charge in [-0.2, -0.15) is 0 Å². The van der Waals surface area contributed by atoms with Gasteiger partial charge in [0.1, 0.15) is 0 Å². The molecular formula is C22H35N3O2. The maximum Gasteiger partial charge on any atom is 0.225 e. The molecule has 2 fully saturated rings. The first kappa shape index (κ1) is 20.3. The number of anilines is 1.